The molecule has 0 saturated carbocycles. The van der Waals surface area contributed by atoms with Gasteiger partial charge in [0.15, 0.2) is 6.61 Å². The molecule has 0 aliphatic rings. The molecule has 8 nitrogen and oxygen atoms in total. The first kappa shape index (κ1) is 19.4. The predicted octanol–water partition coefficient (Wildman–Crippen LogP) is 1.98. The Morgan fingerprint density at radius 1 is 1.10 bits per heavy atom. The summed E-state index contributed by atoms with van der Waals surface area (Å²) in [7, 11) is 0. The number of para-hydroxylation sites is 1. The van der Waals surface area contributed by atoms with E-state index in [4.69, 9.17) is 10.00 Å². The Hall–Kier alpha value is -4.38. The van der Waals surface area contributed by atoms with Gasteiger partial charge < -0.3 is 4.74 Å². The van der Waals surface area contributed by atoms with Crippen LogP contribution in [0.4, 0.5) is 0 Å². The molecular weight excluding hydrogens is 370 g/mol. The lowest BCUT2D eigenvalue weighted by Gasteiger charge is -2.07. The number of carbonyl (C=O) groups excluding carboxylic acids is 2. The molecule has 8 heteroatoms. The molecule has 0 aliphatic heterocycles. The third-order valence-corrected chi connectivity index (χ3v) is 3.73. The van der Waals surface area contributed by atoms with Crippen LogP contribution in [0.1, 0.15) is 11.1 Å². The van der Waals surface area contributed by atoms with E-state index in [1.165, 1.54) is 6.08 Å². The number of hydrazine groups is 1. The summed E-state index contributed by atoms with van der Waals surface area (Å²) in [5.41, 5.74) is 6.66. The standard InChI is InChI=1S/C21H17N5O3/c22-12-16-6-9-19(10-7-16)29-15-21(28)25-24-20(27)11-8-17-13-23-26(14-17)18-4-2-1-3-5-18/h1-11,13-14H,15H2,(H,24,27)(H,25,28)/b11-8+. The summed E-state index contributed by atoms with van der Waals surface area (Å²) in [6, 6.07) is 17.9. The number of hydrogen-bond donors (Lipinski definition) is 2. The summed E-state index contributed by atoms with van der Waals surface area (Å²) in [6.07, 6.45) is 6.28. The van der Waals surface area contributed by atoms with Gasteiger partial charge in [0.1, 0.15) is 5.75 Å². The Morgan fingerprint density at radius 3 is 2.59 bits per heavy atom. The van der Waals surface area contributed by atoms with Crippen molar-refractivity contribution >= 4 is 17.9 Å². The van der Waals surface area contributed by atoms with Crippen LogP contribution < -0.4 is 15.6 Å². The smallest absolute Gasteiger partial charge is 0.276 e. The third-order valence-electron chi connectivity index (χ3n) is 3.73. The van der Waals surface area contributed by atoms with Crippen molar-refractivity contribution in [1.29, 1.82) is 5.26 Å². The zero-order chi connectivity index (χ0) is 20.5. The second-order valence-corrected chi connectivity index (χ2v) is 5.85. The molecule has 0 atom stereocenters. The van der Waals surface area contributed by atoms with Crippen molar-refractivity contribution in [2.75, 3.05) is 6.61 Å². The van der Waals surface area contributed by atoms with Gasteiger partial charge in [0.25, 0.3) is 11.8 Å². The zero-order valence-electron chi connectivity index (χ0n) is 15.3. The minimum Gasteiger partial charge on any atom is -0.484 e. The van der Waals surface area contributed by atoms with Gasteiger partial charge in [-0.1, -0.05) is 18.2 Å². The van der Waals surface area contributed by atoms with Gasteiger partial charge in [-0.25, -0.2) is 4.68 Å². The molecule has 2 aromatic carbocycles. The molecule has 0 fully saturated rings. The topological polar surface area (TPSA) is 109 Å². The number of nitrogens with one attached hydrogen (secondary N) is 2. The van der Waals surface area contributed by atoms with Gasteiger partial charge in [-0.15, -0.1) is 0 Å². The first-order valence-corrected chi connectivity index (χ1v) is 8.64. The zero-order valence-corrected chi connectivity index (χ0v) is 15.3. The lowest BCUT2D eigenvalue weighted by Crippen LogP contribution is -2.43. The minimum atomic E-state index is -0.520. The predicted molar refractivity (Wildman–Crippen MR) is 106 cm³/mol. The molecule has 1 heterocycles. The van der Waals surface area contributed by atoms with Crippen molar-refractivity contribution in [1.82, 2.24) is 20.6 Å². The molecule has 0 saturated heterocycles. The van der Waals surface area contributed by atoms with Crippen LogP contribution in [0.3, 0.4) is 0 Å². The van der Waals surface area contributed by atoms with Gasteiger partial charge in [0.05, 0.1) is 23.5 Å². The van der Waals surface area contributed by atoms with Crippen LogP contribution in [0.2, 0.25) is 0 Å². The van der Waals surface area contributed by atoms with Crippen LogP contribution in [0.15, 0.2) is 73.1 Å². The number of benzene rings is 2. The molecule has 0 unspecified atom stereocenters. The van der Waals surface area contributed by atoms with Gasteiger partial charge in [0.2, 0.25) is 0 Å². The highest BCUT2D eigenvalue weighted by Gasteiger charge is 2.04. The maximum absolute atomic E-state index is 11.8. The summed E-state index contributed by atoms with van der Waals surface area (Å²) >= 11 is 0. The Labute approximate surface area is 167 Å². The van der Waals surface area contributed by atoms with Crippen LogP contribution in [0.25, 0.3) is 11.8 Å². The quantitative estimate of drug-likeness (QED) is 0.497. The van der Waals surface area contributed by atoms with Crippen molar-refractivity contribution < 1.29 is 14.3 Å². The molecule has 144 valence electrons. The van der Waals surface area contributed by atoms with Crippen molar-refractivity contribution in [2.24, 2.45) is 0 Å². The third kappa shape index (κ3) is 5.80. The van der Waals surface area contributed by atoms with E-state index >= 15 is 0 Å². The Morgan fingerprint density at radius 2 is 1.86 bits per heavy atom. The van der Waals surface area contributed by atoms with Gasteiger partial charge in [-0.05, 0) is 42.5 Å². The number of nitriles is 1. The summed E-state index contributed by atoms with van der Waals surface area (Å²) in [6.45, 7) is -0.278. The van der Waals surface area contributed by atoms with Crippen LogP contribution in [0.5, 0.6) is 5.75 Å². The summed E-state index contributed by atoms with van der Waals surface area (Å²) in [4.78, 5) is 23.6. The number of nitrogens with zero attached hydrogens (tertiary/aromatic N) is 3. The van der Waals surface area contributed by atoms with E-state index in [0.29, 0.717) is 11.3 Å². The largest absolute Gasteiger partial charge is 0.484 e. The molecule has 0 bridgehead atoms. The summed E-state index contributed by atoms with van der Waals surface area (Å²) in [5.74, 6) is -0.571. The number of hydrogen-bond acceptors (Lipinski definition) is 5. The first-order chi connectivity index (χ1) is 14.1. The lowest BCUT2D eigenvalue weighted by molar-refractivity contribution is -0.128. The fourth-order valence-corrected chi connectivity index (χ4v) is 2.30. The van der Waals surface area contributed by atoms with E-state index in [1.807, 2.05) is 36.4 Å². The fraction of sp³-hybridized carbons (Fsp3) is 0.0476. The van der Waals surface area contributed by atoms with E-state index in [2.05, 4.69) is 16.0 Å². The normalized spacial score (nSPS) is 10.3. The fourth-order valence-electron chi connectivity index (χ4n) is 2.30. The highest BCUT2D eigenvalue weighted by molar-refractivity contribution is 5.93. The maximum Gasteiger partial charge on any atom is 0.276 e. The number of rotatable bonds is 6. The number of aromatic nitrogens is 2. The molecule has 29 heavy (non-hydrogen) atoms. The van der Waals surface area contributed by atoms with Crippen molar-refractivity contribution in [2.45, 2.75) is 0 Å². The number of carbonyl (C=O) groups is 2. The number of ether oxygens (including phenoxy) is 1. The molecular formula is C21H17N5O3. The van der Waals surface area contributed by atoms with E-state index in [-0.39, 0.29) is 6.61 Å². The van der Waals surface area contributed by atoms with Crippen molar-refractivity contribution in [3.8, 4) is 17.5 Å². The Bertz CT molecular complexity index is 1050. The van der Waals surface area contributed by atoms with Crippen molar-refractivity contribution in [3.05, 3.63) is 84.2 Å². The second-order valence-electron chi connectivity index (χ2n) is 5.85. The summed E-state index contributed by atoms with van der Waals surface area (Å²) in [5, 5.41) is 13.0. The summed E-state index contributed by atoms with van der Waals surface area (Å²) < 4.78 is 6.97. The molecule has 0 radical (unpaired) electrons. The van der Waals surface area contributed by atoms with Crippen LogP contribution in [-0.2, 0) is 9.59 Å². The molecule has 3 aromatic rings. The Kier molecular flexibility index (Phi) is 6.37. The molecule has 0 spiro atoms. The minimum absolute atomic E-state index is 0.278. The molecule has 0 aliphatic carbocycles. The van der Waals surface area contributed by atoms with Gasteiger partial charge in [0, 0.05) is 17.8 Å². The molecule has 3 rings (SSSR count). The van der Waals surface area contributed by atoms with Crippen LogP contribution in [0, 0.1) is 11.3 Å². The van der Waals surface area contributed by atoms with Crippen LogP contribution >= 0.6 is 0 Å². The van der Waals surface area contributed by atoms with Gasteiger partial charge in [-0.2, -0.15) is 10.4 Å². The molecule has 2 amide bonds. The van der Waals surface area contributed by atoms with Gasteiger partial charge >= 0.3 is 0 Å². The highest BCUT2D eigenvalue weighted by Crippen LogP contribution is 2.11. The highest BCUT2D eigenvalue weighted by atomic mass is 16.5. The maximum atomic E-state index is 11.8. The Balaban J connectivity index is 1.42. The van der Waals surface area contributed by atoms with Gasteiger partial charge in [-0.3, -0.25) is 20.4 Å². The lowest BCUT2D eigenvalue weighted by atomic mass is 10.2. The average molecular weight is 387 g/mol. The van der Waals surface area contributed by atoms with E-state index in [9.17, 15) is 9.59 Å². The van der Waals surface area contributed by atoms with E-state index < -0.39 is 11.8 Å². The molecule has 1 aromatic heterocycles. The number of amides is 2. The second kappa shape index (κ2) is 9.53. The monoisotopic (exact) mass is 387 g/mol. The van der Waals surface area contributed by atoms with Crippen molar-refractivity contribution in [3.63, 3.8) is 0 Å². The van der Waals surface area contributed by atoms with Crippen LogP contribution in [-0.4, -0.2) is 28.2 Å². The van der Waals surface area contributed by atoms with E-state index in [0.717, 1.165) is 11.3 Å². The SMILES string of the molecule is N#Cc1ccc(OCC(=O)NNC(=O)/C=C/c2cnn(-c3ccccc3)c2)cc1. The van der Waals surface area contributed by atoms with E-state index in [1.54, 1.807) is 47.4 Å². The first-order valence-electron chi connectivity index (χ1n) is 8.64. The molecule has 2 N–H and O–H groups in total. The average Bonchev–Trinajstić information content (AvgIpc) is 3.25.